The summed E-state index contributed by atoms with van der Waals surface area (Å²) in [6.45, 7) is 1.95. The van der Waals surface area contributed by atoms with E-state index in [-0.39, 0.29) is 5.91 Å². The molecule has 8 heteroatoms. The van der Waals surface area contributed by atoms with Crippen molar-refractivity contribution in [2.75, 3.05) is 26.6 Å². The number of methoxy groups -OCH3 is 3. The number of rotatable bonds is 6. The number of hydrogen-bond donors (Lipinski definition) is 1. The molecule has 3 rings (SSSR count). The molecule has 0 radical (unpaired) electrons. The summed E-state index contributed by atoms with van der Waals surface area (Å²) in [5, 5.41) is 3.95. The molecule has 1 amide bonds. The van der Waals surface area contributed by atoms with Crippen molar-refractivity contribution >= 4 is 34.0 Å². The summed E-state index contributed by atoms with van der Waals surface area (Å²) < 4.78 is 15.9. The third kappa shape index (κ3) is 4.05. The number of carbonyl (C=O) groups excluding carboxylic acids is 1. The molecule has 0 fully saturated rings. The number of hydrogen-bond acceptors (Lipinski definition) is 6. The summed E-state index contributed by atoms with van der Waals surface area (Å²) in [7, 11) is 4.51. The van der Waals surface area contributed by atoms with Crippen LogP contribution in [0, 0.1) is 6.92 Å². The molecule has 6 nitrogen and oxygen atoms in total. The zero-order chi connectivity index (χ0) is 20.3. The third-order valence-electron chi connectivity index (χ3n) is 4.04. The van der Waals surface area contributed by atoms with Gasteiger partial charge in [-0.05, 0) is 31.2 Å². The second-order valence-electron chi connectivity index (χ2n) is 5.80. The lowest BCUT2D eigenvalue weighted by Gasteiger charge is -2.13. The number of aromatic nitrogens is 1. The number of thiazole rings is 1. The van der Waals surface area contributed by atoms with Crippen molar-refractivity contribution in [2.24, 2.45) is 0 Å². The highest BCUT2D eigenvalue weighted by Crippen LogP contribution is 2.38. The average Bonchev–Trinajstić information content (AvgIpc) is 3.06. The van der Waals surface area contributed by atoms with Crippen LogP contribution in [0.15, 0.2) is 36.4 Å². The zero-order valence-corrected chi connectivity index (χ0v) is 17.4. The van der Waals surface area contributed by atoms with Crippen LogP contribution in [-0.4, -0.2) is 32.2 Å². The topological polar surface area (TPSA) is 69.7 Å². The summed E-state index contributed by atoms with van der Waals surface area (Å²) in [6.07, 6.45) is 0. The fraction of sp³-hybridized carbons (Fsp3) is 0.200. The van der Waals surface area contributed by atoms with Crippen molar-refractivity contribution in [1.29, 1.82) is 0 Å². The van der Waals surface area contributed by atoms with Crippen LogP contribution >= 0.6 is 22.9 Å². The Balaban J connectivity index is 1.89. The average molecular weight is 419 g/mol. The van der Waals surface area contributed by atoms with E-state index in [1.807, 2.05) is 25.1 Å². The summed E-state index contributed by atoms with van der Waals surface area (Å²) >= 11 is 7.46. The van der Waals surface area contributed by atoms with Crippen LogP contribution in [0.3, 0.4) is 0 Å². The van der Waals surface area contributed by atoms with Gasteiger partial charge in [-0.15, -0.1) is 11.3 Å². The van der Waals surface area contributed by atoms with Crippen molar-refractivity contribution in [3.63, 3.8) is 0 Å². The van der Waals surface area contributed by atoms with E-state index in [4.69, 9.17) is 25.8 Å². The Morgan fingerprint density at radius 1 is 1.07 bits per heavy atom. The molecule has 0 spiro atoms. The highest BCUT2D eigenvalue weighted by molar-refractivity contribution is 7.16. The number of nitrogens with zero attached hydrogens (tertiary/aromatic N) is 1. The normalized spacial score (nSPS) is 10.5. The van der Waals surface area contributed by atoms with Gasteiger partial charge >= 0.3 is 0 Å². The third-order valence-corrected chi connectivity index (χ3v) is 5.16. The van der Waals surface area contributed by atoms with Gasteiger partial charge in [0.25, 0.3) is 5.91 Å². The Labute approximate surface area is 172 Å². The molecule has 0 saturated carbocycles. The smallest absolute Gasteiger partial charge is 0.257 e. The van der Waals surface area contributed by atoms with E-state index in [9.17, 15) is 4.79 Å². The predicted octanol–water partition coefficient (Wildman–Crippen LogP) is 5.05. The van der Waals surface area contributed by atoms with Gasteiger partial charge < -0.3 is 14.2 Å². The van der Waals surface area contributed by atoms with Crippen LogP contribution in [0.25, 0.3) is 11.3 Å². The summed E-state index contributed by atoms with van der Waals surface area (Å²) in [4.78, 5) is 18.3. The van der Waals surface area contributed by atoms with Crippen molar-refractivity contribution in [2.45, 2.75) is 6.92 Å². The quantitative estimate of drug-likeness (QED) is 0.606. The molecule has 0 aliphatic rings. The highest BCUT2D eigenvalue weighted by Gasteiger charge is 2.19. The monoisotopic (exact) mass is 418 g/mol. The zero-order valence-electron chi connectivity index (χ0n) is 15.8. The van der Waals surface area contributed by atoms with Gasteiger partial charge in [-0.1, -0.05) is 23.7 Å². The minimum atomic E-state index is -0.328. The second kappa shape index (κ2) is 8.50. The molecule has 0 aliphatic heterocycles. The van der Waals surface area contributed by atoms with Crippen LogP contribution in [0.1, 0.15) is 15.2 Å². The number of anilines is 1. The number of nitrogens with one attached hydrogen (secondary N) is 1. The van der Waals surface area contributed by atoms with Crippen LogP contribution in [0.2, 0.25) is 5.02 Å². The minimum Gasteiger partial charge on any atom is -0.493 e. The first-order valence-corrected chi connectivity index (χ1v) is 9.51. The standard InChI is InChI=1S/C20H19ClN2O4S/c1-11-17(12-6-5-7-14(21)8-12)22-20(28-11)23-19(24)13-9-15(25-2)18(27-4)16(10-13)26-3/h5-10H,1-4H3,(H,22,23,24). The van der Waals surface area contributed by atoms with E-state index < -0.39 is 0 Å². The molecule has 0 aliphatic carbocycles. The molecule has 1 N–H and O–H groups in total. The molecule has 0 unspecified atom stereocenters. The Hall–Kier alpha value is -2.77. The largest absolute Gasteiger partial charge is 0.493 e. The van der Waals surface area contributed by atoms with E-state index in [0.717, 1.165) is 16.1 Å². The van der Waals surface area contributed by atoms with Gasteiger partial charge in [0, 0.05) is 21.0 Å². The van der Waals surface area contributed by atoms with E-state index in [1.54, 1.807) is 18.2 Å². The van der Waals surface area contributed by atoms with E-state index in [0.29, 0.717) is 33.0 Å². The van der Waals surface area contributed by atoms with Gasteiger partial charge in [-0.2, -0.15) is 0 Å². The lowest BCUT2D eigenvalue weighted by Crippen LogP contribution is -2.12. The first kappa shape index (κ1) is 20.0. The van der Waals surface area contributed by atoms with Crippen LogP contribution < -0.4 is 19.5 Å². The maximum atomic E-state index is 12.7. The summed E-state index contributed by atoms with van der Waals surface area (Å²) in [5.74, 6) is 0.907. The predicted molar refractivity (Wildman–Crippen MR) is 111 cm³/mol. The van der Waals surface area contributed by atoms with E-state index >= 15 is 0 Å². The van der Waals surface area contributed by atoms with Crippen molar-refractivity contribution in [3.8, 4) is 28.5 Å². The van der Waals surface area contributed by atoms with Gasteiger partial charge in [0.2, 0.25) is 5.75 Å². The van der Waals surface area contributed by atoms with E-state index in [2.05, 4.69) is 10.3 Å². The van der Waals surface area contributed by atoms with Crippen molar-refractivity contribution in [3.05, 3.63) is 51.9 Å². The number of amides is 1. The fourth-order valence-corrected chi connectivity index (χ4v) is 3.76. The molecule has 0 saturated heterocycles. The number of halogens is 1. The van der Waals surface area contributed by atoms with Crippen LogP contribution in [0.5, 0.6) is 17.2 Å². The van der Waals surface area contributed by atoms with Gasteiger partial charge in [-0.3, -0.25) is 10.1 Å². The molecule has 146 valence electrons. The van der Waals surface area contributed by atoms with Gasteiger partial charge in [0.05, 0.1) is 27.0 Å². The first-order valence-electron chi connectivity index (χ1n) is 8.31. The van der Waals surface area contributed by atoms with Gasteiger partial charge in [-0.25, -0.2) is 4.98 Å². The number of carbonyl (C=O) groups is 1. The minimum absolute atomic E-state index is 0.328. The lowest BCUT2D eigenvalue weighted by atomic mass is 10.1. The Bertz CT molecular complexity index is 994. The molecule has 0 atom stereocenters. The highest BCUT2D eigenvalue weighted by atomic mass is 35.5. The first-order chi connectivity index (χ1) is 13.5. The van der Waals surface area contributed by atoms with Crippen molar-refractivity contribution in [1.82, 2.24) is 4.98 Å². The van der Waals surface area contributed by atoms with Gasteiger partial charge in [0.1, 0.15) is 0 Å². The molecular formula is C20H19ClN2O4S. The Morgan fingerprint density at radius 3 is 2.32 bits per heavy atom. The van der Waals surface area contributed by atoms with Crippen LogP contribution in [-0.2, 0) is 0 Å². The fourth-order valence-electron chi connectivity index (χ4n) is 2.73. The number of benzene rings is 2. The molecular weight excluding hydrogens is 400 g/mol. The SMILES string of the molecule is COc1cc(C(=O)Nc2nc(-c3cccc(Cl)c3)c(C)s2)cc(OC)c1OC. The summed E-state index contributed by atoms with van der Waals surface area (Å²) in [6, 6.07) is 10.6. The van der Waals surface area contributed by atoms with Crippen LogP contribution in [0.4, 0.5) is 5.13 Å². The summed E-state index contributed by atoms with van der Waals surface area (Å²) in [5.41, 5.74) is 2.05. The Kier molecular flexibility index (Phi) is 6.06. The molecule has 1 aromatic heterocycles. The lowest BCUT2D eigenvalue weighted by molar-refractivity contribution is 0.102. The molecule has 2 aromatic carbocycles. The second-order valence-corrected chi connectivity index (χ2v) is 7.44. The number of aryl methyl sites for hydroxylation is 1. The molecule has 28 heavy (non-hydrogen) atoms. The van der Waals surface area contributed by atoms with Crippen molar-refractivity contribution < 1.29 is 19.0 Å². The molecule has 3 aromatic rings. The number of ether oxygens (including phenoxy) is 3. The molecule has 1 heterocycles. The maximum absolute atomic E-state index is 12.7. The maximum Gasteiger partial charge on any atom is 0.257 e. The molecule has 0 bridgehead atoms. The van der Waals surface area contributed by atoms with E-state index in [1.165, 1.54) is 32.7 Å². The van der Waals surface area contributed by atoms with Gasteiger partial charge in [0.15, 0.2) is 16.6 Å². The Morgan fingerprint density at radius 2 is 1.75 bits per heavy atom.